The molecule has 0 aliphatic heterocycles. The number of nitrogens with one attached hydrogen (secondary N) is 1. The zero-order valence-corrected chi connectivity index (χ0v) is 17.4. The quantitative estimate of drug-likeness (QED) is 0.586. The highest BCUT2D eigenvalue weighted by Gasteiger charge is 2.13. The number of carbonyl (C=O) groups excluding carboxylic acids is 1. The van der Waals surface area contributed by atoms with Crippen molar-refractivity contribution in [3.05, 3.63) is 74.6 Å². The fourth-order valence-corrected chi connectivity index (χ4v) is 4.28. The molecule has 6 heteroatoms. The van der Waals surface area contributed by atoms with Gasteiger partial charge in [-0.25, -0.2) is 0 Å². The Morgan fingerprint density at radius 3 is 2.00 bits per heavy atom. The lowest BCUT2D eigenvalue weighted by atomic mass is 10.2. The van der Waals surface area contributed by atoms with E-state index in [1.54, 1.807) is 22.7 Å². The van der Waals surface area contributed by atoms with Crippen LogP contribution in [-0.4, -0.2) is 31.4 Å². The molecule has 2 heterocycles. The first-order valence-electron chi connectivity index (χ1n) is 8.90. The van der Waals surface area contributed by atoms with Gasteiger partial charge in [-0.2, -0.15) is 0 Å². The SMILES string of the molecule is CN(C)c1ccc(CNC(=O)CN(Cc2cccs2)Cc2cccs2)cc1. The molecule has 1 N–H and O–H groups in total. The van der Waals surface area contributed by atoms with Gasteiger partial charge < -0.3 is 10.2 Å². The van der Waals surface area contributed by atoms with E-state index in [0.717, 1.165) is 24.3 Å². The molecule has 27 heavy (non-hydrogen) atoms. The molecule has 0 saturated heterocycles. The molecular formula is C21H25N3OS2. The maximum atomic E-state index is 12.5. The van der Waals surface area contributed by atoms with Crippen LogP contribution < -0.4 is 10.2 Å². The number of hydrogen-bond acceptors (Lipinski definition) is 5. The Morgan fingerprint density at radius 1 is 0.926 bits per heavy atom. The number of amides is 1. The number of benzene rings is 1. The highest BCUT2D eigenvalue weighted by atomic mass is 32.1. The average molecular weight is 400 g/mol. The van der Waals surface area contributed by atoms with Crippen LogP contribution in [-0.2, 0) is 24.4 Å². The Balaban J connectivity index is 1.54. The van der Waals surface area contributed by atoms with E-state index in [9.17, 15) is 4.79 Å². The highest BCUT2D eigenvalue weighted by Crippen LogP contribution is 2.17. The lowest BCUT2D eigenvalue weighted by Crippen LogP contribution is -2.36. The van der Waals surface area contributed by atoms with E-state index in [2.05, 4.69) is 74.4 Å². The summed E-state index contributed by atoms with van der Waals surface area (Å²) in [6, 6.07) is 16.6. The Hall–Kier alpha value is -2.15. The first kappa shape index (κ1) is 19.6. The van der Waals surface area contributed by atoms with Crippen LogP contribution in [0.4, 0.5) is 5.69 Å². The number of hydrogen-bond donors (Lipinski definition) is 1. The van der Waals surface area contributed by atoms with Crippen LogP contribution in [0, 0.1) is 0 Å². The largest absolute Gasteiger partial charge is 0.378 e. The van der Waals surface area contributed by atoms with Crippen molar-refractivity contribution in [3.8, 4) is 0 Å². The van der Waals surface area contributed by atoms with Crippen LogP contribution in [0.5, 0.6) is 0 Å². The molecule has 3 aromatic rings. The highest BCUT2D eigenvalue weighted by molar-refractivity contribution is 7.10. The first-order chi connectivity index (χ1) is 13.1. The van der Waals surface area contributed by atoms with Gasteiger partial charge >= 0.3 is 0 Å². The summed E-state index contributed by atoms with van der Waals surface area (Å²) in [4.78, 5) is 19.3. The molecule has 0 saturated carbocycles. The van der Waals surface area contributed by atoms with Crippen molar-refractivity contribution in [2.24, 2.45) is 0 Å². The van der Waals surface area contributed by atoms with Gasteiger partial charge in [0, 0.05) is 49.2 Å². The number of anilines is 1. The van der Waals surface area contributed by atoms with Crippen LogP contribution in [0.3, 0.4) is 0 Å². The summed E-state index contributed by atoms with van der Waals surface area (Å²) in [7, 11) is 4.04. The lowest BCUT2D eigenvalue weighted by Gasteiger charge is -2.20. The van der Waals surface area contributed by atoms with E-state index in [4.69, 9.17) is 0 Å². The number of nitrogens with zero attached hydrogens (tertiary/aromatic N) is 2. The van der Waals surface area contributed by atoms with Crippen molar-refractivity contribution in [1.82, 2.24) is 10.2 Å². The molecule has 0 spiro atoms. The normalized spacial score (nSPS) is 10.9. The summed E-state index contributed by atoms with van der Waals surface area (Å²) in [5, 5.41) is 7.21. The van der Waals surface area contributed by atoms with Crippen molar-refractivity contribution in [1.29, 1.82) is 0 Å². The van der Waals surface area contributed by atoms with E-state index in [-0.39, 0.29) is 5.91 Å². The monoisotopic (exact) mass is 399 g/mol. The molecular weight excluding hydrogens is 374 g/mol. The Bertz CT molecular complexity index is 776. The number of thiophene rings is 2. The Morgan fingerprint density at radius 2 is 1.52 bits per heavy atom. The molecule has 0 radical (unpaired) electrons. The molecule has 142 valence electrons. The molecule has 1 aromatic carbocycles. The second-order valence-corrected chi connectivity index (χ2v) is 8.71. The van der Waals surface area contributed by atoms with Gasteiger partial charge in [0.1, 0.15) is 0 Å². The van der Waals surface area contributed by atoms with Crippen LogP contribution >= 0.6 is 22.7 Å². The fraction of sp³-hybridized carbons (Fsp3) is 0.286. The summed E-state index contributed by atoms with van der Waals surface area (Å²) < 4.78 is 0. The minimum absolute atomic E-state index is 0.0554. The molecule has 4 nitrogen and oxygen atoms in total. The zero-order chi connectivity index (χ0) is 19.1. The molecule has 0 atom stereocenters. The third-order valence-corrected chi connectivity index (χ3v) is 5.95. The smallest absolute Gasteiger partial charge is 0.234 e. The summed E-state index contributed by atoms with van der Waals surface area (Å²) in [5.74, 6) is 0.0554. The number of carbonyl (C=O) groups is 1. The van der Waals surface area contributed by atoms with Gasteiger partial charge in [-0.05, 0) is 40.6 Å². The molecule has 0 unspecified atom stereocenters. The second kappa shape index (κ2) is 9.69. The maximum absolute atomic E-state index is 12.5. The van der Waals surface area contributed by atoms with Crippen LogP contribution in [0.2, 0.25) is 0 Å². The van der Waals surface area contributed by atoms with Gasteiger partial charge in [0.15, 0.2) is 0 Å². The van der Waals surface area contributed by atoms with Crippen molar-refractivity contribution in [2.75, 3.05) is 25.5 Å². The fourth-order valence-electron chi connectivity index (χ4n) is 2.79. The molecule has 3 rings (SSSR count). The third-order valence-electron chi connectivity index (χ3n) is 4.23. The Kier molecular flexibility index (Phi) is 7.04. The zero-order valence-electron chi connectivity index (χ0n) is 15.7. The van der Waals surface area contributed by atoms with Crippen molar-refractivity contribution in [3.63, 3.8) is 0 Å². The molecule has 0 fully saturated rings. The lowest BCUT2D eigenvalue weighted by molar-refractivity contribution is -0.122. The summed E-state index contributed by atoms with van der Waals surface area (Å²) in [5.41, 5.74) is 2.26. The first-order valence-corrected chi connectivity index (χ1v) is 10.7. The van der Waals surface area contributed by atoms with Crippen LogP contribution in [0.1, 0.15) is 15.3 Å². The summed E-state index contributed by atoms with van der Waals surface area (Å²) in [6.07, 6.45) is 0. The molecule has 0 bridgehead atoms. The van der Waals surface area contributed by atoms with Gasteiger partial charge in [-0.3, -0.25) is 9.69 Å². The van der Waals surface area contributed by atoms with Crippen molar-refractivity contribution >= 4 is 34.3 Å². The van der Waals surface area contributed by atoms with Crippen LogP contribution in [0.15, 0.2) is 59.3 Å². The third kappa shape index (κ3) is 6.20. The maximum Gasteiger partial charge on any atom is 0.234 e. The summed E-state index contributed by atoms with van der Waals surface area (Å²) >= 11 is 3.46. The van der Waals surface area contributed by atoms with Crippen LogP contribution in [0.25, 0.3) is 0 Å². The van der Waals surface area contributed by atoms with E-state index in [1.165, 1.54) is 9.75 Å². The van der Waals surface area contributed by atoms with Crippen molar-refractivity contribution in [2.45, 2.75) is 19.6 Å². The van der Waals surface area contributed by atoms with E-state index >= 15 is 0 Å². The van der Waals surface area contributed by atoms with Gasteiger partial charge in [-0.15, -0.1) is 22.7 Å². The molecule has 0 aliphatic rings. The topological polar surface area (TPSA) is 35.6 Å². The molecule has 0 aliphatic carbocycles. The standard InChI is InChI=1S/C21H25N3OS2/c1-23(2)18-9-7-17(8-10-18)13-22-21(25)16-24(14-19-5-3-11-26-19)15-20-6-4-12-27-20/h3-12H,13-16H2,1-2H3,(H,22,25). The van der Waals surface area contributed by atoms with Gasteiger partial charge in [-0.1, -0.05) is 24.3 Å². The predicted molar refractivity (Wildman–Crippen MR) is 115 cm³/mol. The molecule has 2 aromatic heterocycles. The van der Waals surface area contributed by atoms with Gasteiger partial charge in [0.2, 0.25) is 5.91 Å². The van der Waals surface area contributed by atoms with E-state index in [1.807, 2.05) is 14.1 Å². The minimum Gasteiger partial charge on any atom is -0.378 e. The summed E-state index contributed by atoms with van der Waals surface area (Å²) in [6.45, 7) is 2.53. The van der Waals surface area contributed by atoms with Gasteiger partial charge in [0.05, 0.1) is 6.54 Å². The predicted octanol–water partition coefficient (Wildman–Crippen LogP) is 4.19. The van der Waals surface area contributed by atoms with Crippen molar-refractivity contribution < 1.29 is 4.79 Å². The Labute approximate surface area is 169 Å². The van der Waals surface area contributed by atoms with E-state index in [0.29, 0.717) is 13.1 Å². The van der Waals surface area contributed by atoms with E-state index < -0.39 is 0 Å². The average Bonchev–Trinajstić information content (AvgIpc) is 3.34. The minimum atomic E-state index is 0.0554. The molecule has 1 amide bonds. The second-order valence-electron chi connectivity index (χ2n) is 6.64. The number of rotatable bonds is 9. The van der Waals surface area contributed by atoms with Gasteiger partial charge in [0.25, 0.3) is 0 Å².